The monoisotopic (exact) mass is 460 g/mol. The van der Waals surface area contributed by atoms with Crippen molar-refractivity contribution in [1.29, 1.82) is 0 Å². The molecule has 8 nitrogen and oxygen atoms in total. The minimum Gasteiger partial charge on any atom is -0.404 e. The molecule has 0 fully saturated rings. The van der Waals surface area contributed by atoms with Crippen LogP contribution < -0.4 is 11.1 Å². The molecule has 3 N–H and O–H groups in total. The molecule has 1 atom stereocenters. The number of amides is 1. The summed E-state index contributed by atoms with van der Waals surface area (Å²) in [6, 6.07) is 17.7. The summed E-state index contributed by atoms with van der Waals surface area (Å²) in [4.78, 5) is 27.1. The Labute approximate surface area is 200 Å². The number of para-hydroxylation sites is 1. The van der Waals surface area contributed by atoms with Gasteiger partial charge in [0.15, 0.2) is 6.17 Å². The lowest BCUT2D eigenvalue weighted by molar-refractivity contribution is -0.120. The average molecular weight is 461 g/mol. The maximum absolute atomic E-state index is 13.3. The molecule has 178 valence electrons. The van der Waals surface area contributed by atoms with E-state index in [2.05, 4.69) is 10.2 Å². The van der Waals surface area contributed by atoms with Crippen molar-refractivity contribution in [2.24, 2.45) is 15.7 Å². The third-order valence-corrected chi connectivity index (χ3v) is 6.01. The van der Waals surface area contributed by atoms with Gasteiger partial charge in [0.25, 0.3) is 5.91 Å². The number of ether oxygens (including phenoxy) is 1. The fraction of sp³-hybridized carbons (Fsp3) is 0.346. The lowest BCUT2D eigenvalue weighted by atomic mass is 10.0. The van der Waals surface area contributed by atoms with Crippen LogP contribution in [-0.4, -0.2) is 80.4 Å². The largest absolute Gasteiger partial charge is 0.404 e. The van der Waals surface area contributed by atoms with E-state index in [4.69, 9.17) is 20.5 Å². The fourth-order valence-electron chi connectivity index (χ4n) is 4.30. The van der Waals surface area contributed by atoms with E-state index in [-0.39, 0.29) is 5.91 Å². The molecule has 0 aliphatic carbocycles. The van der Waals surface area contributed by atoms with Gasteiger partial charge >= 0.3 is 0 Å². The number of likely N-dealkylation sites (N-methyl/N-ethyl adjacent to an activating group) is 1. The van der Waals surface area contributed by atoms with E-state index in [1.807, 2.05) is 66.5 Å². The molecule has 0 aromatic heterocycles. The summed E-state index contributed by atoms with van der Waals surface area (Å²) >= 11 is 0. The summed E-state index contributed by atoms with van der Waals surface area (Å²) in [7, 11) is 3.58. The van der Waals surface area contributed by atoms with E-state index in [0.717, 1.165) is 60.0 Å². The molecule has 34 heavy (non-hydrogen) atoms. The van der Waals surface area contributed by atoms with Gasteiger partial charge in [-0.25, -0.2) is 0 Å². The highest BCUT2D eigenvalue weighted by Crippen LogP contribution is 2.25. The second-order valence-electron chi connectivity index (χ2n) is 8.40. The number of rotatable bonds is 8. The number of hydrogen-bond acceptors (Lipinski definition) is 7. The zero-order valence-electron chi connectivity index (χ0n) is 19.8. The van der Waals surface area contributed by atoms with Crippen LogP contribution in [0.1, 0.15) is 17.5 Å². The molecule has 0 saturated carbocycles. The van der Waals surface area contributed by atoms with Crippen molar-refractivity contribution in [3.63, 3.8) is 0 Å². The highest BCUT2D eigenvalue weighted by molar-refractivity contribution is 6.19. The minimum absolute atomic E-state index is 0.181. The van der Waals surface area contributed by atoms with E-state index >= 15 is 0 Å². The Morgan fingerprint density at radius 1 is 1.24 bits per heavy atom. The van der Waals surface area contributed by atoms with Crippen molar-refractivity contribution in [3.05, 3.63) is 77.5 Å². The molecule has 2 heterocycles. The van der Waals surface area contributed by atoms with Gasteiger partial charge in [-0.05, 0) is 19.5 Å². The number of nitrogens with one attached hydrogen (secondary N) is 1. The Morgan fingerprint density at radius 2 is 2.00 bits per heavy atom. The zero-order chi connectivity index (χ0) is 23.9. The number of carbonyl (C=O) groups is 1. The summed E-state index contributed by atoms with van der Waals surface area (Å²) in [5, 5.41) is 3.06. The molecule has 1 amide bonds. The third-order valence-electron chi connectivity index (χ3n) is 6.01. The van der Waals surface area contributed by atoms with Crippen LogP contribution in [0.25, 0.3) is 0 Å². The van der Waals surface area contributed by atoms with Gasteiger partial charge < -0.3 is 20.7 Å². The van der Waals surface area contributed by atoms with Crippen molar-refractivity contribution >= 4 is 23.1 Å². The van der Waals surface area contributed by atoms with Crippen LogP contribution >= 0.6 is 0 Å². The van der Waals surface area contributed by atoms with Crippen LogP contribution in [0.4, 0.5) is 5.69 Å². The number of hydrogen-bond donors (Lipinski definition) is 2. The van der Waals surface area contributed by atoms with Gasteiger partial charge in [-0.3, -0.25) is 19.7 Å². The number of amidine groups is 1. The Balaban J connectivity index is 1.63. The number of methoxy groups -OCH3 is 1. The first-order valence-electron chi connectivity index (χ1n) is 11.6. The second kappa shape index (κ2) is 11.1. The molecule has 2 aromatic carbocycles. The Bertz CT molecular complexity index is 1100. The number of benzene rings is 2. The third kappa shape index (κ3) is 5.18. The van der Waals surface area contributed by atoms with E-state index in [1.54, 1.807) is 13.3 Å². The highest BCUT2D eigenvalue weighted by Gasteiger charge is 2.30. The molecular formula is C26H32N6O2. The first-order valence-corrected chi connectivity index (χ1v) is 11.6. The number of anilines is 1. The van der Waals surface area contributed by atoms with Gasteiger partial charge in [0, 0.05) is 56.2 Å². The lowest BCUT2D eigenvalue weighted by Crippen LogP contribution is -2.45. The van der Waals surface area contributed by atoms with Crippen molar-refractivity contribution < 1.29 is 9.53 Å². The van der Waals surface area contributed by atoms with Crippen LogP contribution in [0.5, 0.6) is 0 Å². The minimum atomic E-state index is -0.728. The fourth-order valence-corrected chi connectivity index (χ4v) is 4.30. The Kier molecular flexibility index (Phi) is 7.72. The molecule has 0 bridgehead atoms. The normalized spacial score (nSPS) is 18.7. The summed E-state index contributed by atoms with van der Waals surface area (Å²) in [6.45, 7) is 3.44. The standard InChI is InChI=1S/C26H32N6O2/c1-31(18-20(17-27)24-28-13-8-14-32(24)15-16-34-2)25-26(33)29-22-12-7-6-11-21(22)23(30-25)19-9-4-3-5-10-19/h3-7,9-12,17,25H,8,13-16,18,27H2,1-2H3,(H,29,33). The van der Waals surface area contributed by atoms with E-state index in [9.17, 15) is 4.79 Å². The summed E-state index contributed by atoms with van der Waals surface area (Å²) in [6.07, 6.45) is 1.86. The molecule has 0 spiro atoms. The molecule has 2 aliphatic rings. The summed E-state index contributed by atoms with van der Waals surface area (Å²) < 4.78 is 5.27. The van der Waals surface area contributed by atoms with Crippen molar-refractivity contribution in [1.82, 2.24) is 9.80 Å². The quantitative estimate of drug-likeness (QED) is 0.630. The Hall–Kier alpha value is -3.49. The smallest absolute Gasteiger partial charge is 0.264 e. The van der Waals surface area contributed by atoms with Crippen LogP contribution in [0, 0.1) is 0 Å². The van der Waals surface area contributed by atoms with Gasteiger partial charge in [-0.1, -0.05) is 48.5 Å². The molecule has 0 saturated heterocycles. The maximum atomic E-state index is 13.3. The topological polar surface area (TPSA) is 95.5 Å². The van der Waals surface area contributed by atoms with Gasteiger partial charge in [0.2, 0.25) is 0 Å². The number of aliphatic imine (C=N–C) groups is 2. The Morgan fingerprint density at radius 3 is 2.76 bits per heavy atom. The predicted octanol–water partition coefficient (Wildman–Crippen LogP) is 2.33. The van der Waals surface area contributed by atoms with Gasteiger partial charge in [0.1, 0.15) is 5.84 Å². The molecule has 8 heteroatoms. The predicted molar refractivity (Wildman–Crippen MR) is 136 cm³/mol. The number of benzodiazepines with no additional fused rings is 1. The summed E-state index contributed by atoms with van der Waals surface area (Å²) in [5.41, 5.74) is 10.3. The van der Waals surface area contributed by atoms with Crippen LogP contribution in [-0.2, 0) is 9.53 Å². The van der Waals surface area contributed by atoms with Crippen LogP contribution in [0.2, 0.25) is 0 Å². The number of carbonyl (C=O) groups excluding carboxylic acids is 1. The van der Waals surface area contributed by atoms with Gasteiger partial charge in [-0.15, -0.1) is 0 Å². The van der Waals surface area contributed by atoms with Gasteiger partial charge in [-0.2, -0.15) is 0 Å². The average Bonchev–Trinajstić information content (AvgIpc) is 3.02. The number of fused-ring (bicyclic) bond motifs is 1. The molecule has 1 unspecified atom stereocenters. The van der Waals surface area contributed by atoms with Crippen molar-refractivity contribution in [2.45, 2.75) is 12.6 Å². The van der Waals surface area contributed by atoms with E-state index in [0.29, 0.717) is 13.2 Å². The first-order chi connectivity index (χ1) is 16.6. The lowest BCUT2D eigenvalue weighted by Gasteiger charge is -2.32. The molecular weight excluding hydrogens is 428 g/mol. The zero-order valence-corrected chi connectivity index (χ0v) is 19.8. The van der Waals surface area contributed by atoms with Gasteiger partial charge in [0.05, 0.1) is 18.0 Å². The van der Waals surface area contributed by atoms with E-state index < -0.39 is 6.17 Å². The van der Waals surface area contributed by atoms with E-state index in [1.165, 1.54) is 0 Å². The molecule has 0 radical (unpaired) electrons. The maximum Gasteiger partial charge on any atom is 0.264 e. The molecule has 2 aliphatic heterocycles. The first kappa shape index (κ1) is 23.7. The highest BCUT2D eigenvalue weighted by atomic mass is 16.5. The van der Waals surface area contributed by atoms with Crippen molar-refractivity contribution in [2.75, 3.05) is 52.3 Å². The molecule has 2 aromatic rings. The molecule has 4 rings (SSSR count). The number of nitrogens with zero attached hydrogens (tertiary/aromatic N) is 4. The second-order valence-corrected chi connectivity index (χ2v) is 8.40. The number of nitrogens with two attached hydrogens (primary N) is 1. The van der Waals surface area contributed by atoms with Crippen LogP contribution in [0.15, 0.2) is 76.4 Å². The van der Waals surface area contributed by atoms with Crippen molar-refractivity contribution in [3.8, 4) is 0 Å². The SMILES string of the molecule is COCCN1CCCN=C1C(=CN)CN(C)C1N=C(c2ccccc2)c2ccccc2NC1=O. The van der Waals surface area contributed by atoms with Crippen LogP contribution in [0.3, 0.4) is 0 Å². The summed E-state index contributed by atoms with van der Waals surface area (Å²) in [5.74, 6) is 0.682.